The van der Waals surface area contributed by atoms with Gasteiger partial charge in [-0.1, -0.05) is 0 Å². The molecule has 2 aromatic rings. The molecule has 0 unspecified atom stereocenters. The highest BCUT2D eigenvalue weighted by Crippen LogP contribution is 2.21. The molecule has 1 heterocycles. The molecule has 0 bridgehead atoms. The topological polar surface area (TPSA) is 84.9 Å². The van der Waals surface area contributed by atoms with Crippen molar-refractivity contribution in [3.05, 3.63) is 54.3 Å². The fraction of sp³-hybridized carbons (Fsp3) is 0.235. The van der Waals surface area contributed by atoms with E-state index < -0.39 is 21.9 Å². The summed E-state index contributed by atoms with van der Waals surface area (Å²) in [4.78, 5) is 13.0. The Bertz CT molecular complexity index is 869. The van der Waals surface area contributed by atoms with Crippen molar-refractivity contribution in [3.63, 3.8) is 0 Å². The van der Waals surface area contributed by atoms with Gasteiger partial charge in [-0.15, -0.1) is 0 Å². The van der Waals surface area contributed by atoms with Crippen LogP contribution < -0.4 is 14.4 Å². The first kappa shape index (κ1) is 18.0. The lowest BCUT2D eigenvalue weighted by molar-refractivity contribution is 0.181. The quantitative estimate of drug-likeness (QED) is 0.798. The molecule has 1 aliphatic heterocycles. The highest BCUT2D eigenvalue weighted by Gasteiger charge is 2.23. The summed E-state index contributed by atoms with van der Waals surface area (Å²) in [6.45, 7) is 0.727. The fourth-order valence-corrected chi connectivity index (χ4v) is 3.27. The van der Waals surface area contributed by atoms with E-state index in [2.05, 4.69) is 4.72 Å². The van der Waals surface area contributed by atoms with Crippen LogP contribution >= 0.6 is 0 Å². The number of anilines is 2. The van der Waals surface area contributed by atoms with Gasteiger partial charge in [-0.05, 0) is 48.5 Å². The van der Waals surface area contributed by atoms with Crippen LogP contribution in [0.2, 0.25) is 0 Å². The number of nitrogens with zero attached hydrogens (tertiary/aromatic N) is 1. The molecule has 0 aromatic heterocycles. The molecule has 1 saturated heterocycles. The van der Waals surface area contributed by atoms with Gasteiger partial charge in [0.05, 0.1) is 6.54 Å². The van der Waals surface area contributed by atoms with Crippen LogP contribution in [0.1, 0.15) is 0 Å². The van der Waals surface area contributed by atoms with Crippen LogP contribution in [0.5, 0.6) is 5.75 Å². The lowest BCUT2D eigenvalue weighted by Gasteiger charge is -2.14. The second-order valence-electron chi connectivity index (χ2n) is 5.54. The van der Waals surface area contributed by atoms with E-state index in [0.29, 0.717) is 30.3 Å². The van der Waals surface area contributed by atoms with Gasteiger partial charge in [-0.25, -0.2) is 17.6 Å². The summed E-state index contributed by atoms with van der Waals surface area (Å²) in [7, 11) is -3.61. The van der Waals surface area contributed by atoms with Crippen LogP contribution in [0.25, 0.3) is 0 Å². The van der Waals surface area contributed by atoms with Gasteiger partial charge in [-0.3, -0.25) is 9.62 Å². The number of sulfonamides is 1. The van der Waals surface area contributed by atoms with Crippen molar-refractivity contribution in [1.29, 1.82) is 0 Å². The molecule has 0 saturated carbocycles. The standard InChI is InChI=1S/C17H17FN2O5S/c18-13-1-7-16(8-2-13)24-11-12-26(22,23)19-14-3-5-15(6-4-14)20-9-10-25-17(20)21/h1-8,19H,9-12H2. The summed E-state index contributed by atoms with van der Waals surface area (Å²) in [6.07, 6.45) is -0.420. The van der Waals surface area contributed by atoms with Crippen molar-refractivity contribution in [2.24, 2.45) is 0 Å². The zero-order valence-electron chi connectivity index (χ0n) is 13.7. The Morgan fingerprint density at radius 3 is 2.42 bits per heavy atom. The van der Waals surface area contributed by atoms with E-state index in [1.54, 1.807) is 24.3 Å². The minimum atomic E-state index is -3.61. The molecule has 2 aromatic carbocycles. The maximum absolute atomic E-state index is 12.8. The Morgan fingerprint density at radius 2 is 1.81 bits per heavy atom. The predicted octanol–water partition coefficient (Wildman–Crippen LogP) is 2.60. The number of cyclic esters (lactones) is 1. The van der Waals surface area contributed by atoms with E-state index in [-0.39, 0.29) is 12.4 Å². The minimum absolute atomic E-state index is 0.0708. The van der Waals surface area contributed by atoms with Crippen molar-refractivity contribution in [2.75, 3.05) is 35.1 Å². The molecule has 0 radical (unpaired) electrons. The van der Waals surface area contributed by atoms with Crippen LogP contribution in [-0.4, -0.2) is 40.0 Å². The molecule has 0 aliphatic carbocycles. The zero-order valence-corrected chi connectivity index (χ0v) is 14.5. The molecular weight excluding hydrogens is 363 g/mol. The molecule has 1 amide bonds. The maximum atomic E-state index is 12.8. The van der Waals surface area contributed by atoms with E-state index in [1.807, 2.05) is 0 Å². The number of carbonyl (C=O) groups is 1. The smallest absolute Gasteiger partial charge is 0.414 e. The van der Waals surface area contributed by atoms with Crippen LogP contribution in [-0.2, 0) is 14.8 Å². The van der Waals surface area contributed by atoms with Gasteiger partial charge in [0.25, 0.3) is 0 Å². The number of rotatable bonds is 7. The van der Waals surface area contributed by atoms with E-state index >= 15 is 0 Å². The second kappa shape index (κ2) is 7.61. The molecule has 9 heteroatoms. The Labute approximate surface area is 150 Å². The lowest BCUT2D eigenvalue weighted by atomic mass is 10.2. The van der Waals surface area contributed by atoms with E-state index in [9.17, 15) is 17.6 Å². The minimum Gasteiger partial charge on any atom is -0.492 e. The average Bonchev–Trinajstić information content (AvgIpc) is 3.03. The molecule has 1 N–H and O–H groups in total. The number of benzene rings is 2. The van der Waals surface area contributed by atoms with E-state index in [0.717, 1.165) is 0 Å². The first-order valence-electron chi connectivity index (χ1n) is 7.86. The summed E-state index contributed by atoms with van der Waals surface area (Å²) in [5, 5.41) is 0. The van der Waals surface area contributed by atoms with Gasteiger partial charge in [0.1, 0.15) is 30.5 Å². The number of carbonyl (C=O) groups excluding carboxylic acids is 1. The molecule has 3 rings (SSSR count). The first-order valence-corrected chi connectivity index (χ1v) is 9.51. The predicted molar refractivity (Wildman–Crippen MR) is 94.4 cm³/mol. The number of hydrogen-bond acceptors (Lipinski definition) is 5. The molecule has 0 atom stereocenters. The normalized spacial score (nSPS) is 14.2. The Morgan fingerprint density at radius 1 is 1.12 bits per heavy atom. The second-order valence-corrected chi connectivity index (χ2v) is 7.38. The van der Waals surface area contributed by atoms with Gasteiger partial charge in [0.15, 0.2) is 0 Å². The Hall–Kier alpha value is -2.81. The largest absolute Gasteiger partial charge is 0.492 e. The third kappa shape index (κ3) is 4.63. The third-order valence-corrected chi connectivity index (χ3v) is 4.90. The summed E-state index contributed by atoms with van der Waals surface area (Å²) < 4.78 is 49.6. The lowest BCUT2D eigenvalue weighted by Crippen LogP contribution is -2.23. The Kier molecular flexibility index (Phi) is 5.27. The number of hydrogen-bond donors (Lipinski definition) is 1. The highest BCUT2D eigenvalue weighted by molar-refractivity contribution is 7.92. The number of ether oxygens (including phenoxy) is 2. The molecule has 1 fully saturated rings. The van der Waals surface area contributed by atoms with E-state index in [4.69, 9.17) is 9.47 Å². The highest BCUT2D eigenvalue weighted by atomic mass is 32.2. The van der Waals surface area contributed by atoms with Crippen molar-refractivity contribution in [3.8, 4) is 5.75 Å². The SMILES string of the molecule is O=C1OCCN1c1ccc(NS(=O)(=O)CCOc2ccc(F)cc2)cc1. The summed E-state index contributed by atoms with van der Waals surface area (Å²) in [5.41, 5.74) is 1.01. The van der Waals surface area contributed by atoms with Crippen LogP contribution in [0, 0.1) is 5.82 Å². The van der Waals surface area contributed by atoms with Gasteiger partial charge >= 0.3 is 6.09 Å². The van der Waals surface area contributed by atoms with Crippen molar-refractivity contribution in [1.82, 2.24) is 0 Å². The fourth-order valence-electron chi connectivity index (χ4n) is 2.37. The Balaban J connectivity index is 1.53. The zero-order chi connectivity index (χ0) is 18.6. The molecule has 26 heavy (non-hydrogen) atoms. The van der Waals surface area contributed by atoms with E-state index in [1.165, 1.54) is 29.2 Å². The van der Waals surface area contributed by atoms with Gasteiger partial charge in [0.2, 0.25) is 10.0 Å². The molecule has 0 spiro atoms. The maximum Gasteiger partial charge on any atom is 0.414 e. The van der Waals surface area contributed by atoms with Gasteiger partial charge in [-0.2, -0.15) is 0 Å². The number of nitrogens with one attached hydrogen (secondary N) is 1. The van der Waals surface area contributed by atoms with Crippen molar-refractivity contribution in [2.45, 2.75) is 0 Å². The molecule has 1 aliphatic rings. The number of amides is 1. The first-order chi connectivity index (χ1) is 12.4. The average molecular weight is 380 g/mol. The third-order valence-electron chi connectivity index (χ3n) is 3.65. The molecule has 7 nitrogen and oxygen atoms in total. The summed E-state index contributed by atoms with van der Waals surface area (Å²) >= 11 is 0. The number of halogens is 1. The van der Waals surface area contributed by atoms with Crippen molar-refractivity contribution < 1.29 is 27.1 Å². The van der Waals surface area contributed by atoms with Gasteiger partial charge < -0.3 is 9.47 Å². The molecule has 138 valence electrons. The van der Waals surface area contributed by atoms with Crippen LogP contribution in [0.4, 0.5) is 20.6 Å². The monoisotopic (exact) mass is 380 g/mol. The van der Waals surface area contributed by atoms with Crippen LogP contribution in [0.15, 0.2) is 48.5 Å². The van der Waals surface area contributed by atoms with Crippen LogP contribution in [0.3, 0.4) is 0 Å². The molecular formula is C17H17FN2O5S. The van der Waals surface area contributed by atoms with Crippen molar-refractivity contribution >= 4 is 27.5 Å². The summed E-state index contributed by atoms with van der Waals surface area (Å²) in [6, 6.07) is 11.7. The summed E-state index contributed by atoms with van der Waals surface area (Å²) in [5.74, 6) is -0.259. The van der Waals surface area contributed by atoms with Gasteiger partial charge in [0, 0.05) is 11.4 Å².